The molecule has 3 nitrogen and oxygen atoms in total. The highest BCUT2D eigenvalue weighted by Crippen LogP contribution is 2.32. The number of carboxylic acids is 1. The Hall–Kier alpha value is -0.840. The summed E-state index contributed by atoms with van der Waals surface area (Å²) in [6.07, 6.45) is 0. The number of nitrogens with zero attached hydrogens (tertiary/aromatic N) is 1. The summed E-state index contributed by atoms with van der Waals surface area (Å²) in [6.45, 7) is 0. The van der Waals surface area contributed by atoms with Gasteiger partial charge in [0.2, 0.25) is 0 Å². The normalized spacial score (nSPS) is 10.7. The molecule has 0 atom stereocenters. The molecule has 0 fully saturated rings. The van der Waals surface area contributed by atoms with E-state index in [-0.39, 0.29) is 15.2 Å². The Balaban J connectivity index is 2.96. The topological polar surface area (TPSA) is 50.2 Å². The molecular weight excluding hydrogens is 317 g/mol. The minimum atomic E-state index is -1.08. The standard InChI is InChI=1S/C10H4BrCl2NO2/c11-8-7(10(15)16)5-3-4(12)1-2-6(5)14-9(8)13/h1-3H,(H,15,16). The van der Waals surface area contributed by atoms with Gasteiger partial charge in [-0.25, -0.2) is 9.78 Å². The number of hydrogen-bond donors (Lipinski definition) is 1. The Kier molecular flexibility index (Phi) is 3.06. The van der Waals surface area contributed by atoms with Crippen molar-refractivity contribution in [3.05, 3.63) is 38.4 Å². The lowest BCUT2D eigenvalue weighted by Gasteiger charge is -2.06. The van der Waals surface area contributed by atoms with E-state index in [4.69, 9.17) is 28.3 Å². The van der Waals surface area contributed by atoms with E-state index in [1.807, 2.05) is 0 Å². The van der Waals surface area contributed by atoms with Gasteiger partial charge in [0.05, 0.1) is 15.6 Å². The van der Waals surface area contributed by atoms with Crippen LogP contribution in [0.15, 0.2) is 22.7 Å². The van der Waals surface area contributed by atoms with Crippen LogP contribution in [0.2, 0.25) is 10.2 Å². The number of hydrogen-bond acceptors (Lipinski definition) is 2. The summed E-state index contributed by atoms with van der Waals surface area (Å²) in [5, 5.41) is 10.1. The van der Waals surface area contributed by atoms with Crippen molar-refractivity contribution in [3.63, 3.8) is 0 Å². The predicted molar refractivity (Wildman–Crippen MR) is 66.4 cm³/mol. The molecule has 82 valence electrons. The Labute approximate surface area is 109 Å². The van der Waals surface area contributed by atoms with E-state index >= 15 is 0 Å². The van der Waals surface area contributed by atoms with Crippen molar-refractivity contribution >= 4 is 56.0 Å². The fraction of sp³-hybridized carbons (Fsp3) is 0. The van der Waals surface area contributed by atoms with Gasteiger partial charge < -0.3 is 5.11 Å². The van der Waals surface area contributed by atoms with E-state index in [0.717, 1.165) is 0 Å². The maximum Gasteiger partial charge on any atom is 0.337 e. The first-order chi connectivity index (χ1) is 7.50. The fourth-order valence-electron chi connectivity index (χ4n) is 1.39. The van der Waals surface area contributed by atoms with Crippen molar-refractivity contribution in [2.45, 2.75) is 0 Å². The van der Waals surface area contributed by atoms with Crippen LogP contribution in [0.5, 0.6) is 0 Å². The monoisotopic (exact) mass is 319 g/mol. The molecule has 1 heterocycles. The van der Waals surface area contributed by atoms with E-state index in [0.29, 0.717) is 15.9 Å². The average molecular weight is 321 g/mol. The lowest BCUT2D eigenvalue weighted by Crippen LogP contribution is -2.01. The van der Waals surface area contributed by atoms with Crippen molar-refractivity contribution in [3.8, 4) is 0 Å². The zero-order chi connectivity index (χ0) is 11.9. The number of pyridine rings is 1. The summed E-state index contributed by atoms with van der Waals surface area (Å²) in [6, 6.07) is 4.81. The molecule has 2 aromatic rings. The van der Waals surface area contributed by atoms with Crippen molar-refractivity contribution in [2.75, 3.05) is 0 Å². The molecule has 0 radical (unpaired) electrons. The van der Waals surface area contributed by atoms with E-state index in [1.165, 1.54) is 0 Å². The molecule has 0 unspecified atom stereocenters. The molecule has 0 saturated carbocycles. The van der Waals surface area contributed by atoms with Crippen LogP contribution < -0.4 is 0 Å². The molecular formula is C10H4BrCl2NO2. The third-order valence-electron chi connectivity index (χ3n) is 2.06. The van der Waals surface area contributed by atoms with E-state index in [9.17, 15) is 4.79 Å². The molecule has 6 heteroatoms. The van der Waals surface area contributed by atoms with Crippen LogP contribution in [0.1, 0.15) is 10.4 Å². The Bertz CT molecular complexity index is 601. The molecule has 1 N–H and O–H groups in total. The van der Waals surface area contributed by atoms with Crippen LogP contribution in [0, 0.1) is 0 Å². The number of fused-ring (bicyclic) bond motifs is 1. The number of carboxylic acid groups (broad SMARTS) is 1. The van der Waals surface area contributed by atoms with Crippen LogP contribution >= 0.6 is 39.1 Å². The van der Waals surface area contributed by atoms with Gasteiger partial charge in [-0.3, -0.25) is 0 Å². The number of halogens is 3. The molecule has 16 heavy (non-hydrogen) atoms. The summed E-state index contributed by atoms with van der Waals surface area (Å²) >= 11 is 14.7. The number of aromatic carboxylic acids is 1. The summed E-state index contributed by atoms with van der Waals surface area (Å²) in [7, 11) is 0. The third kappa shape index (κ3) is 1.88. The SMILES string of the molecule is O=C(O)c1c(Br)c(Cl)nc2ccc(Cl)cc12. The largest absolute Gasteiger partial charge is 0.478 e. The molecule has 0 aliphatic heterocycles. The Morgan fingerprint density at radius 2 is 2.06 bits per heavy atom. The van der Waals surface area contributed by atoms with Gasteiger partial charge in [-0.15, -0.1) is 0 Å². The van der Waals surface area contributed by atoms with Gasteiger partial charge in [0.15, 0.2) is 0 Å². The molecule has 0 aliphatic rings. The zero-order valence-corrected chi connectivity index (χ0v) is 10.8. The third-order valence-corrected chi connectivity index (χ3v) is 3.57. The van der Waals surface area contributed by atoms with Crippen LogP contribution in [0.25, 0.3) is 10.9 Å². The quantitative estimate of drug-likeness (QED) is 0.808. The molecule has 0 aliphatic carbocycles. The predicted octanol–water partition coefficient (Wildman–Crippen LogP) is 4.00. The highest BCUT2D eigenvalue weighted by atomic mass is 79.9. The molecule has 0 saturated heterocycles. The molecule has 0 spiro atoms. The lowest BCUT2D eigenvalue weighted by atomic mass is 10.1. The molecule has 1 aromatic carbocycles. The average Bonchev–Trinajstić information content (AvgIpc) is 2.20. The first kappa shape index (κ1) is 11.6. The second-order valence-electron chi connectivity index (χ2n) is 3.06. The fourth-order valence-corrected chi connectivity index (χ4v) is 2.22. The molecule has 0 bridgehead atoms. The van der Waals surface area contributed by atoms with E-state index in [2.05, 4.69) is 20.9 Å². The van der Waals surface area contributed by atoms with Crippen molar-refractivity contribution < 1.29 is 9.90 Å². The van der Waals surface area contributed by atoms with Gasteiger partial charge in [-0.1, -0.05) is 23.2 Å². The van der Waals surface area contributed by atoms with Crippen LogP contribution in [0.3, 0.4) is 0 Å². The minimum Gasteiger partial charge on any atom is -0.478 e. The van der Waals surface area contributed by atoms with E-state index < -0.39 is 5.97 Å². The highest BCUT2D eigenvalue weighted by Gasteiger charge is 2.17. The van der Waals surface area contributed by atoms with Gasteiger partial charge in [0.1, 0.15) is 5.15 Å². The smallest absolute Gasteiger partial charge is 0.337 e. The number of rotatable bonds is 1. The van der Waals surface area contributed by atoms with Gasteiger partial charge in [0, 0.05) is 10.4 Å². The second-order valence-corrected chi connectivity index (χ2v) is 4.65. The number of aromatic nitrogens is 1. The zero-order valence-electron chi connectivity index (χ0n) is 7.67. The molecule has 2 rings (SSSR count). The van der Waals surface area contributed by atoms with Crippen LogP contribution in [-0.2, 0) is 0 Å². The number of carbonyl (C=O) groups is 1. The van der Waals surface area contributed by atoms with Crippen LogP contribution in [0.4, 0.5) is 0 Å². The first-order valence-electron chi connectivity index (χ1n) is 4.18. The van der Waals surface area contributed by atoms with Gasteiger partial charge in [-0.05, 0) is 34.1 Å². The van der Waals surface area contributed by atoms with Gasteiger partial charge >= 0.3 is 5.97 Å². The molecule has 0 amide bonds. The van der Waals surface area contributed by atoms with Gasteiger partial charge in [0.25, 0.3) is 0 Å². The van der Waals surface area contributed by atoms with Crippen molar-refractivity contribution in [1.82, 2.24) is 4.98 Å². The molecule has 1 aromatic heterocycles. The second kappa shape index (κ2) is 4.20. The summed E-state index contributed by atoms with van der Waals surface area (Å²) < 4.78 is 0.261. The van der Waals surface area contributed by atoms with Crippen molar-refractivity contribution in [1.29, 1.82) is 0 Å². The number of benzene rings is 1. The first-order valence-corrected chi connectivity index (χ1v) is 5.73. The van der Waals surface area contributed by atoms with Crippen molar-refractivity contribution in [2.24, 2.45) is 0 Å². The maximum absolute atomic E-state index is 11.1. The van der Waals surface area contributed by atoms with Gasteiger partial charge in [-0.2, -0.15) is 0 Å². The summed E-state index contributed by atoms with van der Waals surface area (Å²) in [5.74, 6) is -1.08. The lowest BCUT2D eigenvalue weighted by molar-refractivity contribution is 0.0698. The minimum absolute atomic E-state index is 0.0671. The summed E-state index contributed by atoms with van der Waals surface area (Å²) in [4.78, 5) is 15.2. The van der Waals surface area contributed by atoms with E-state index in [1.54, 1.807) is 18.2 Å². The van der Waals surface area contributed by atoms with Crippen LogP contribution in [-0.4, -0.2) is 16.1 Å². The highest BCUT2D eigenvalue weighted by molar-refractivity contribution is 9.10. The Morgan fingerprint density at radius 1 is 1.38 bits per heavy atom. The summed E-state index contributed by atoms with van der Waals surface area (Å²) in [5.41, 5.74) is 0.563. The Morgan fingerprint density at radius 3 is 2.69 bits per heavy atom. The maximum atomic E-state index is 11.1.